The molecule has 1 amide bonds. The number of nitrogens with zero attached hydrogens (tertiary/aromatic N) is 2. The van der Waals surface area contributed by atoms with Gasteiger partial charge in [-0.25, -0.2) is 8.42 Å². The van der Waals surface area contributed by atoms with Gasteiger partial charge in [-0.2, -0.15) is 4.31 Å². The molecule has 0 saturated carbocycles. The van der Waals surface area contributed by atoms with Crippen molar-refractivity contribution in [2.45, 2.75) is 18.7 Å². The molecule has 6 nitrogen and oxygen atoms in total. The minimum atomic E-state index is -3.67. The Kier molecular flexibility index (Phi) is 5.98. The van der Waals surface area contributed by atoms with Crippen LogP contribution in [-0.2, 0) is 10.0 Å². The molecule has 0 unspecified atom stereocenters. The molecule has 0 aromatic heterocycles. The Hall–Kier alpha value is -2.09. The van der Waals surface area contributed by atoms with Crippen molar-refractivity contribution in [2.24, 2.45) is 0 Å². The second-order valence-corrected chi connectivity index (χ2v) is 9.25. The third-order valence-electron chi connectivity index (χ3n) is 5.07. The topological polar surface area (TPSA) is 69.7 Å². The first-order valence-corrected chi connectivity index (χ1v) is 10.9. The van der Waals surface area contributed by atoms with Gasteiger partial charge in [0.2, 0.25) is 10.0 Å². The zero-order valence-corrected chi connectivity index (χ0v) is 17.8. The predicted octanol–water partition coefficient (Wildman–Crippen LogP) is 2.83. The minimum Gasteiger partial charge on any atom is -0.369 e. The third-order valence-corrected chi connectivity index (χ3v) is 7.20. The number of piperazine rings is 1. The highest BCUT2D eigenvalue weighted by Gasteiger charge is 2.29. The third kappa shape index (κ3) is 4.01. The number of halogens is 1. The molecular weight excluding hydrogens is 398 g/mol. The molecule has 2 aromatic carbocycles. The van der Waals surface area contributed by atoms with Gasteiger partial charge in [-0.05, 0) is 49.2 Å². The number of nitrogens with one attached hydrogen (secondary N) is 1. The second kappa shape index (κ2) is 8.11. The number of anilines is 1. The van der Waals surface area contributed by atoms with Crippen LogP contribution in [0.4, 0.5) is 5.69 Å². The summed E-state index contributed by atoms with van der Waals surface area (Å²) in [5.74, 6) is -0.296. The van der Waals surface area contributed by atoms with Gasteiger partial charge in [0.15, 0.2) is 0 Å². The summed E-state index contributed by atoms with van der Waals surface area (Å²) in [7, 11) is -2.14. The van der Waals surface area contributed by atoms with Gasteiger partial charge in [-0.1, -0.05) is 23.7 Å². The fourth-order valence-electron chi connectivity index (χ4n) is 3.38. The number of amides is 1. The van der Waals surface area contributed by atoms with Crippen LogP contribution in [0.3, 0.4) is 0 Å². The summed E-state index contributed by atoms with van der Waals surface area (Å²) < 4.78 is 27.6. The average Bonchev–Trinajstić information content (AvgIpc) is 2.69. The van der Waals surface area contributed by atoms with E-state index in [0.717, 1.165) is 16.8 Å². The lowest BCUT2D eigenvalue weighted by Gasteiger charge is -2.36. The SMILES string of the molecule is CNC(=O)c1cc(S(=O)(=O)N2CCN(c3cc(Cl)ccc3C)CC2)ccc1C. The Bertz CT molecular complexity index is 1000. The predicted molar refractivity (Wildman–Crippen MR) is 112 cm³/mol. The fourth-order valence-corrected chi connectivity index (χ4v) is 5.00. The number of sulfonamides is 1. The minimum absolute atomic E-state index is 0.143. The molecule has 8 heteroatoms. The van der Waals surface area contributed by atoms with Crippen molar-refractivity contribution in [2.75, 3.05) is 38.1 Å². The van der Waals surface area contributed by atoms with E-state index >= 15 is 0 Å². The molecule has 28 heavy (non-hydrogen) atoms. The van der Waals surface area contributed by atoms with Crippen LogP contribution in [-0.4, -0.2) is 51.9 Å². The van der Waals surface area contributed by atoms with Crippen molar-refractivity contribution in [3.05, 3.63) is 58.1 Å². The molecule has 1 saturated heterocycles. The van der Waals surface area contributed by atoms with Crippen molar-refractivity contribution < 1.29 is 13.2 Å². The van der Waals surface area contributed by atoms with E-state index in [1.807, 2.05) is 25.1 Å². The van der Waals surface area contributed by atoms with Crippen LogP contribution in [0.1, 0.15) is 21.5 Å². The monoisotopic (exact) mass is 421 g/mol. The molecule has 3 rings (SSSR count). The van der Waals surface area contributed by atoms with Crippen LogP contribution in [0.15, 0.2) is 41.3 Å². The van der Waals surface area contributed by atoms with Gasteiger partial charge in [0.1, 0.15) is 0 Å². The van der Waals surface area contributed by atoms with E-state index in [1.165, 1.54) is 17.4 Å². The molecule has 0 atom stereocenters. The van der Waals surface area contributed by atoms with Gasteiger partial charge < -0.3 is 10.2 Å². The lowest BCUT2D eigenvalue weighted by atomic mass is 10.1. The number of carbonyl (C=O) groups excluding carboxylic acids is 1. The van der Waals surface area contributed by atoms with Crippen LogP contribution >= 0.6 is 11.6 Å². The number of rotatable bonds is 4. The Morgan fingerprint density at radius 1 is 1.00 bits per heavy atom. The van der Waals surface area contributed by atoms with E-state index in [4.69, 9.17) is 11.6 Å². The molecule has 150 valence electrons. The molecule has 2 aromatic rings. The summed E-state index contributed by atoms with van der Waals surface area (Å²) in [5.41, 5.74) is 3.24. The first-order valence-electron chi connectivity index (χ1n) is 9.08. The zero-order chi connectivity index (χ0) is 20.5. The molecule has 1 aliphatic rings. The van der Waals surface area contributed by atoms with Gasteiger partial charge in [0.05, 0.1) is 4.90 Å². The normalized spacial score (nSPS) is 15.5. The Morgan fingerprint density at radius 2 is 1.64 bits per heavy atom. The highest BCUT2D eigenvalue weighted by Crippen LogP contribution is 2.27. The van der Waals surface area contributed by atoms with Gasteiger partial charge >= 0.3 is 0 Å². The Balaban J connectivity index is 1.80. The summed E-state index contributed by atoms with van der Waals surface area (Å²) in [6.45, 7) is 5.70. The Morgan fingerprint density at radius 3 is 2.29 bits per heavy atom. The van der Waals surface area contributed by atoms with E-state index in [2.05, 4.69) is 10.2 Å². The summed E-state index contributed by atoms with van der Waals surface area (Å²) in [6.07, 6.45) is 0. The molecular formula is C20H24ClN3O3S. The van der Waals surface area contributed by atoms with E-state index < -0.39 is 10.0 Å². The van der Waals surface area contributed by atoms with E-state index in [9.17, 15) is 13.2 Å². The Labute approximate surface area is 171 Å². The first kappa shape index (κ1) is 20.6. The molecule has 0 spiro atoms. The standard InChI is InChI=1S/C20H24ClN3O3S/c1-14-5-7-17(13-18(14)20(25)22-3)28(26,27)24-10-8-23(9-11-24)19-12-16(21)6-4-15(19)2/h4-7,12-13H,8-11H2,1-3H3,(H,22,25). The molecule has 1 N–H and O–H groups in total. The van der Waals surface area contributed by atoms with E-state index in [1.54, 1.807) is 19.1 Å². The van der Waals surface area contributed by atoms with Gasteiger partial charge in [0.25, 0.3) is 5.91 Å². The van der Waals surface area contributed by atoms with E-state index in [-0.39, 0.29) is 10.8 Å². The smallest absolute Gasteiger partial charge is 0.251 e. The van der Waals surface area contributed by atoms with Crippen molar-refractivity contribution >= 4 is 33.2 Å². The summed E-state index contributed by atoms with van der Waals surface area (Å²) >= 11 is 6.12. The van der Waals surface area contributed by atoms with Gasteiger partial charge in [-0.15, -0.1) is 0 Å². The largest absolute Gasteiger partial charge is 0.369 e. The summed E-state index contributed by atoms with van der Waals surface area (Å²) in [6, 6.07) is 10.4. The highest BCUT2D eigenvalue weighted by atomic mass is 35.5. The molecule has 1 heterocycles. The first-order chi connectivity index (χ1) is 13.2. The van der Waals surface area contributed by atoms with Crippen LogP contribution < -0.4 is 10.2 Å². The van der Waals surface area contributed by atoms with Crippen LogP contribution in [0.2, 0.25) is 5.02 Å². The highest BCUT2D eigenvalue weighted by molar-refractivity contribution is 7.89. The molecule has 1 aliphatic heterocycles. The van der Waals surface area contributed by atoms with Crippen LogP contribution in [0.5, 0.6) is 0 Å². The van der Waals surface area contributed by atoms with E-state index in [0.29, 0.717) is 36.8 Å². The quantitative estimate of drug-likeness (QED) is 0.824. The lowest BCUT2D eigenvalue weighted by molar-refractivity contribution is 0.0962. The number of hydrogen-bond acceptors (Lipinski definition) is 4. The molecule has 0 aliphatic carbocycles. The maximum absolute atomic E-state index is 13.1. The number of hydrogen-bond donors (Lipinski definition) is 1. The second-order valence-electron chi connectivity index (χ2n) is 6.88. The van der Waals surface area contributed by atoms with Crippen molar-refractivity contribution in [1.82, 2.24) is 9.62 Å². The summed E-state index contributed by atoms with van der Waals surface area (Å²) in [5, 5.41) is 3.21. The number of aryl methyl sites for hydroxylation is 2. The van der Waals surface area contributed by atoms with Crippen molar-refractivity contribution in [3.63, 3.8) is 0 Å². The maximum atomic E-state index is 13.1. The number of carbonyl (C=O) groups is 1. The van der Waals surface area contributed by atoms with Crippen LogP contribution in [0.25, 0.3) is 0 Å². The fraction of sp³-hybridized carbons (Fsp3) is 0.350. The van der Waals surface area contributed by atoms with Gasteiger partial charge in [-0.3, -0.25) is 4.79 Å². The maximum Gasteiger partial charge on any atom is 0.251 e. The average molecular weight is 422 g/mol. The lowest BCUT2D eigenvalue weighted by Crippen LogP contribution is -2.48. The van der Waals surface area contributed by atoms with Crippen molar-refractivity contribution in [1.29, 1.82) is 0 Å². The summed E-state index contributed by atoms with van der Waals surface area (Å²) in [4.78, 5) is 14.3. The van der Waals surface area contributed by atoms with Crippen molar-refractivity contribution in [3.8, 4) is 0 Å². The van der Waals surface area contributed by atoms with Crippen LogP contribution in [0, 0.1) is 13.8 Å². The molecule has 0 bridgehead atoms. The van der Waals surface area contributed by atoms with Gasteiger partial charge in [0, 0.05) is 49.5 Å². The zero-order valence-electron chi connectivity index (χ0n) is 16.2. The molecule has 0 radical (unpaired) electrons. The number of benzene rings is 2. The molecule has 1 fully saturated rings.